The molecule has 0 aliphatic carbocycles. The van der Waals surface area contributed by atoms with Crippen molar-refractivity contribution in [3.63, 3.8) is 0 Å². The van der Waals surface area contributed by atoms with Gasteiger partial charge < -0.3 is 4.74 Å². The summed E-state index contributed by atoms with van der Waals surface area (Å²) in [5.41, 5.74) is -0.425. The zero-order valence-electron chi connectivity index (χ0n) is 7.79. The van der Waals surface area contributed by atoms with Crippen molar-refractivity contribution in [2.45, 2.75) is 26.4 Å². The van der Waals surface area contributed by atoms with Gasteiger partial charge in [-0.05, 0) is 32.2 Å². The minimum atomic E-state index is -0.550. The Hall–Kier alpha value is -1.03. The van der Waals surface area contributed by atoms with E-state index in [1.807, 2.05) is 0 Å². The van der Waals surface area contributed by atoms with E-state index in [0.29, 0.717) is 0 Å². The van der Waals surface area contributed by atoms with Crippen molar-refractivity contribution < 1.29 is 14.6 Å². The number of hydrogen-bond donors (Lipinski definition) is 0. The van der Waals surface area contributed by atoms with Gasteiger partial charge in [-0.3, -0.25) is 5.11 Å². The van der Waals surface area contributed by atoms with Crippen molar-refractivity contribution >= 4 is 17.3 Å². The van der Waals surface area contributed by atoms with Crippen LogP contribution in [-0.2, 0) is 9.84 Å². The molecule has 0 unspecified atom stereocenters. The third kappa shape index (κ3) is 2.73. The van der Waals surface area contributed by atoms with Crippen LogP contribution in [0.2, 0.25) is 0 Å². The quantitative estimate of drug-likeness (QED) is 0.653. The summed E-state index contributed by atoms with van der Waals surface area (Å²) in [7, 11) is 0. The number of hydrogen-bond acceptors (Lipinski definition) is 3. The molecule has 1 aromatic rings. The summed E-state index contributed by atoms with van der Waals surface area (Å²) in [5.74, 6) is -0.543. The van der Waals surface area contributed by atoms with E-state index in [1.54, 1.807) is 26.2 Å². The lowest BCUT2D eigenvalue weighted by Crippen LogP contribution is -2.23. The molecule has 0 saturated carbocycles. The Kier molecular flexibility index (Phi) is 2.61. The van der Waals surface area contributed by atoms with Gasteiger partial charge in [0.25, 0.3) is 0 Å². The van der Waals surface area contributed by atoms with Crippen molar-refractivity contribution in [2.24, 2.45) is 0 Å². The van der Waals surface area contributed by atoms with Crippen LogP contribution in [0.25, 0.3) is 0 Å². The summed E-state index contributed by atoms with van der Waals surface area (Å²) in [6, 6.07) is 1.49. The molecule has 0 aliphatic rings. The SMILES string of the molecule is CC(C)(C)OC(=O)c1ccsc1[O]. The van der Waals surface area contributed by atoms with E-state index in [4.69, 9.17) is 4.74 Å². The van der Waals surface area contributed by atoms with Gasteiger partial charge in [0.15, 0.2) is 0 Å². The average molecular weight is 199 g/mol. The Labute approximate surface area is 81.0 Å². The summed E-state index contributed by atoms with van der Waals surface area (Å²) in [6.45, 7) is 5.30. The number of carbonyl (C=O) groups is 1. The summed E-state index contributed by atoms with van der Waals surface area (Å²) in [4.78, 5) is 11.3. The summed E-state index contributed by atoms with van der Waals surface area (Å²) in [6.07, 6.45) is 0. The largest absolute Gasteiger partial charge is 0.456 e. The van der Waals surface area contributed by atoms with Gasteiger partial charge in [-0.1, -0.05) is 0 Å². The first kappa shape index (κ1) is 10.1. The fraction of sp³-hybridized carbons (Fsp3) is 0.444. The number of thiophene rings is 1. The molecule has 0 atom stereocenters. The summed E-state index contributed by atoms with van der Waals surface area (Å²) < 4.78 is 5.03. The number of rotatable bonds is 1. The van der Waals surface area contributed by atoms with Crippen LogP contribution < -0.4 is 0 Å². The van der Waals surface area contributed by atoms with E-state index >= 15 is 0 Å². The molecule has 0 aliphatic heterocycles. The van der Waals surface area contributed by atoms with E-state index in [0.717, 1.165) is 11.3 Å². The lowest BCUT2D eigenvalue weighted by molar-refractivity contribution is 0.00665. The van der Waals surface area contributed by atoms with Crippen molar-refractivity contribution in [2.75, 3.05) is 0 Å². The fourth-order valence-electron chi connectivity index (χ4n) is 0.780. The maximum absolute atomic E-state index is 11.3. The van der Waals surface area contributed by atoms with Crippen LogP contribution in [0.1, 0.15) is 31.1 Å². The van der Waals surface area contributed by atoms with E-state index < -0.39 is 11.6 Å². The summed E-state index contributed by atoms with van der Waals surface area (Å²) >= 11 is 1.00. The van der Waals surface area contributed by atoms with Crippen molar-refractivity contribution in [1.29, 1.82) is 0 Å². The minimum Gasteiger partial charge on any atom is -0.456 e. The molecule has 4 heteroatoms. The van der Waals surface area contributed by atoms with Gasteiger partial charge in [-0.2, -0.15) is 0 Å². The van der Waals surface area contributed by atoms with Crippen LogP contribution >= 0.6 is 11.3 Å². The molecule has 0 amide bonds. The molecule has 3 nitrogen and oxygen atoms in total. The van der Waals surface area contributed by atoms with Gasteiger partial charge in [0.05, 0.1) is 0 Å². The summed E-state index contributed by atoms with van der Waals surface area (Å²) in [5, 5.41) is 12.4. The van der Waals surface area contributed by atoms with Gasteiger partial charge in [0, 0.05) is 0 Å². The molecule has 0 spiro atoms. The Bertz CT molecular complexity index is 309. The van der Waals surface area contributed by atoms with Crippen LogP contribution in [0.3, 0.4) is 0 Å². The molecule has 1 radical (unpaired) electrons. The Morgan fingerprint density at radius 1 is 1.46 bits per heavy atom. The second-order valence-corrected chi connectivity index (χ2v) is 4.50. The van der Waals surface area contributed by atoms with Gasteiger partial charge in [0.1, 0.15) is 11.2 Å². The highest BCUT2D eigenvalue weighted by Gasteiger charge is 2.21. The highest BCUT2D eigenvalue weighted by molar-refractivity contribution is 7.12. The molecule has 0 saturated heterocycles. The topological polar surface area (TPSA) is 46.2 Å². The zero-order chi connectivity index (χ0) is 10.1. The molecule has 1 aromatic heterocycles. The number of esters is 1. The van der Waals surface area contributed by atoms with Gasteiger partial charge >= 0.3 is 5.97 Å². The Morgan fingerprint density at radius 3 is 2.46 bits per heavy atom. The first-order valence-electron chi connectivity index (χ1n) is 3.88. The van der Waals surface area contributed by atoms with Crippen LogP contribution in [-0.4, -0.2) is 11.6 Å². The molecule has 0 N–H and O–H groups in total. The molecule has 0 aromatic carbocycles. The lowest BCUT2D eigenvalue weighted by Gasteiger charge is -2.18. The van der Waals surface area contributed by atoms with Crippen LogP contribution in [0.5, 0.6) is 5.06 Å². The maximum Gasteiger partial charge on any atom is 0.343 e. The number of carbonyl (C=O) groups excluding carboxylic acids is 1. The molecule has 71 valence electrons. The van der Waals surface area contributed by atoms with Crippen LogP contribution in [0.4, 0.5) is 0 Å². The van der Waals surface area contributed by atoms with Gasteiger partial charge in [0.2, 0.25) is 5.06 Å². The Balaban J connectivity index is 2.76. The molecule has 1 rings (SSSR count). The average Bonchev–Trinajstić information content (AvgIpc) is 2.30. The molecule has 0 fully saturated rings. The first-order valence-corrected chi connectivity index (χ1v) is 4.76. The van der Waals surface area contributed by atoms with Crippen LogP contribution in [0, 0.1) is 0 Å². The first-order chi connectivity index (χ1) is 5.90. The van der Waals surface area contributed by atoms with E-state index in [9.17, 15) is 9.90 Å². The molecular weight excluding hydrogens is 188 g/mol. The zero-order valence-corrected chi connectivity index (χ0v) is 8.60. The van der Waals surface area contributed by atoms with Crippen molar-refractivity contribution in [3.05, 3.63) is 17.0 Å². The normalized spacial score (nSPS) is 11.3. The predicted molar refractivity (Wildman–Crippen MR) is 49.6 cm³/mol. The third-order valence-corrected chi connectivity index (χ3v) is 1.95. The Morgan fingerprint density at radius 2 is 2.08 bits per heavy atom. The van der Waals surface area contributed by atoms with Crippen molar-refractivity contribution in [3.8, 4) is 5.06 Å². The number of ether oxygens (including phenoxy) is 1. The van der Waals surface area contributed by atoms with Crippen LogP contribution in [0.15, 0.2) is 11.4 Å². The molecule has 13 heavy (non-hydrogen) atoms. The molecule has 1 heterocycles. The second-order valence-electron chi connectivity index (χ2n) is 3.62. The fourth-order valence-corrected chi connectivity index (χ4v) is 1.39. The smallest absolute Gasteiger partial charge is 0.343 e. The molecular formula is C9H11O3S. The highest BCUT2D eigenvalue weighted by atomic mass is 32.1. The third-order valence-electron chi connectivity index (χ3n) is 1.25. The van der Waals surface area contributed by atoms with Gasteiger partial charge in [-0.15, -0.1) is 11.3 Å². The second kappa shape index (κ2) is 3.38. The lowest BCUT2D eigenvalue weighted by atomic mass is 10.2. The monoisotopic (exact) mass is 199 g/mol. The highest BCUT2D eigenvalue weighted by Crippen LogP contribution is 2.26. The predicted octanol–water partition coefficient (Wildman–Crippen LogP) is 2.85. The van der Waals surface area contributed by atoms with Gasteiger partial charge in [-0.25, -0.2) is 4.79 Å². The van der Waals surface area contributed by atoms with Crippen molar-refractivity contribution in [1.82, 2.24) is 0 Å². The van der Waals surface area contributed by atoms with E-state index in [-0.39, 0.29) is 10.6 Å². The van der Waals surface area contributed by atoms with E-state index in [1.165, 1.54) is 6.07 Å². The standard InChI is InChI=1S/C9H11O3S/c1-9(2,3)12-7(10)6-4-5-13-8(6)11/h4-5H,1-3H3. The maximum atomic E-state index is 11.3. The minimum absolute atomic E-state index is 0.125. The molecule has 0 bridgehead atoms. The van der Waals surface area contributed by atoms with E-state index in [2.05, 4.69) is 0 Å².